The molecular formula is C13H8F3N3O5. The van der Waals surface area contributed by atoms with Gasteiger partial charge in [-0.3, -0.25) is 19.7 Å². The first-order chi connectivity index (χ1) is 11.0. The molecule has 2 rings (SSSR count). The molecule has 1 aromatic heterocycles. The zero-order valence-corrected chi connectivity index (χ0v) is 11.9. The minimum atomic E-state index is -4.82. The van der Waals surface area contributed by atoms with Gasteiger partial charge < -0.3 is 10.3 Å². The molecule has 8 nitrogen and oxygen atoms in total. The van der Waals surface area contributed by atoms with Gasteiger partial charge in [0.05, 0.1) is 16.1 Å². The maximum Gasteiger partial charge on any atom is 0.416 e. The number of aryl methyl sites for hydroxylation is 1. The summed E-state index contributed by atoms with van der Waals surface area (Å²) in [5, 5.41) is 14.3. The predicted octanol–water partition coefficient (Wildman–Crippen LogP) is 2.24. The van der Waals surface area contributed by atoms with E-state index < -0.39 is 50.9 Å². The Morgan fingerprint density at radius 3 is 2.46 bits per heavy atom. The number of nitrogens with two attached hydrogens (primary N) is 1. The summed E-state index contributed by atoms with van der Waals surface area (Å²) >= 11 is 0. The summed E-state index contributed by atoms with van der Waals surface area (Å²) in [4.78, 5) is 33.6. The molecule has 2 aromatic rings. The Morgan fingerprint density at radius 2 is 1.96 bits per heavy atom. The molecule has 0 aliphatic heterocycles. The number of rotatable bonds is 4. The Bertz CT molecular complexity index is 857. The van der Waals surface area contributed by atoms with Crippen molar-refractivity contribution in [2.75, 3.05) is 0 Å². The first kappa shape index (κ1) is 17.1. The molecule has 0 aliphatic carbocycles. The molecule has 0 saturated carbocycles. The van der Waals surface area contributed by atoms with Crippen LogP contribution in [0.4, 0.5) is 18.9 Å². The number of carbonyl (C=O) groups excluding carboxylic acids is 2. The van der Waals surface area contributed by atoms with Crippen molar-refractivity contribution in [2.24, 2.45) is 5.73 Å². The van der Waals surface area contributed by atoms with E-state index in [1.165, 1.54) is 6.92 Å². The van der Waals surface area contributed by atoms with Gasteiger partial charge in [0.25, 0.3) is 11.6 Å². The van der Waals surface area contributed by atoms with Crippen LogP contribution in [0, 0.1) is 17.0 Å². The molecule has 0 unspecified atom stereocenters. The second kappa shape index (κ2) is 5.76. The molecule has 0 radical (unpaired) electrons. The second-order valence-electron chi connectivity index (χ2n) is 4.64. The van der Waals surface area contributed by atoms with Gasteiger partial charge in [0.15, 0.2) is 5.69 Å². The topological polar surface area (TPSA) is 129 Å². The van der Waals surface area contributed by atoms with Crippen molar-refractivity contribution in [2.45, 2.75) is 13.1 Å². The van der Waals surface area contributed by atoms with Crippen LogP contribution < -0.4 is 5.73 Å². The number of carbonyl (C=O) groups is 2. The maximum absolute atomic E-state index is 12.7. The molecule has 1 aromatic carbocycles. The predicted molar refractivity (Wildman–Crippen MR) is 71.3 cm³/mol. The van der Waals surface area contributed by atoms with Gasteiger partial charge in [0, 0.05) is 6.07 Å². The maximum atomic E-state index is 12.7. The number of nitro groups is 1. The first-order valence-electron chi connectivity index (χ1n) is 6.20. The molecule has 1 amide bonds. The van der Waals surface area contributed by atoms with Gasteiger partial charge in [-0.2, -0.15) is 13.2 Å². The van der Waals surface area contributed by atoms with Crippen LogP contribution >= 0.6 is 0 Å². The molecular weight excluding hydrogens is 335 g/mol. The van der Waals surface area contributed by atoms with E-state index in [4.69, 9.17) is 5.73 Å². The van der Waals surface area contributed by atoms with E-state index in [-0.39, 0.29) is 11.8 Å². The zero-order valence-electron chi connectivity index (χ0n) is 11.9. The van der Waals surface area contributed by atoms with Crippen LogP contribution in [-0.4, -0.2) is 21.8 Å². The number of hydrogen-bond acceptors (Lipinski definition) is 6. The summed E-state index contributed by atoms with van der Waals surface area (Å²) in [5.74, 6) is -2.37. The molecule has 126 valence electrons. The summed E-state index contributed by atoms with van der Waals surface area (Å²) in [5.41, 5.74) is 1.02. The van der Waals surface area contributed by atoms with Crippen LogP contribution in [0.25, 0.3) is 0 Å². The fourth-order valence-corrected chi connectivity index (χ4v) is 1.99. The number of nitrogens with zero attached hydrogens (tertiary/aromatic N) is 2. The fraction of sp³-hybridized carbons (Fsp3) is 0.154. The van der Waals surface area contributed by atoms with Crippen molar-refractivity contribution < 1.29 is 32.2 Å². The number of primary amides is 1. The normalized spacial score (nSPS) is 11.3. The highest BCUT2D eigenvalue weighted by molar-refractivity contribution is 6.16. The number of benzene rings is 1. The Morgan fingerprint density at radius 1 is 1.33 bits per heavy atom. The van der Waals surface area contributed by atoms with E-state index in [1.54, 1.807) is 0 Å². The molecule has 11 heteroatoms. The molecule has 0 atom stereocenters. The van der Waals surface area contributed by atoms with Crippen LogP contribution in [0.2, 0.25) is 0 Å². The molecule has 0 aliphatic rings. The van der Waals surface area contributed by atoms with Crippen LogP contribution in [0.1, 0.15) is 37.7 Å². The highest BCUT2D eigenvalue weighted by atomic mass is 19.4. The van der Waals surface area contributed by atoms with Gasteiger partial charge in [0.2, 0.25) is 5.78 Å². The summed E-state index contributed by atoms with van der Waals surface area (Å²) in [6.45, 7) is 1.25. The molecule has 0 bridgehead atoms. The van der Waals surface area contributed by atoms with Gasteiger partial charge >= 0.3 is 6.18 Å². The molecule has 0 fully saturated rings. The lowest BCUT2D eigenvalue weighted by molar-refractivity contribution is -0.385. The van der Waals surface area contributed by atoms with Crippen LogP contribution in [0.5, 0.6) is 0 Å². The highest BCUT2D eigenvalue weighted by Gasteiger charge is 2.35. The van der Waals surface area contributed by atoms with E-state index in [0.717, 1.165) is 0 Å². The third kappa shape index (κ3) is 2.95. The minimum absolute atomic E-state index is 0.150. The van der Waals surface area contributed by atoms with E-state index in [0.29, 0.717) is 12.1 Å². The molecule has 2 N–H and O–H groups in total. The molecule has 24 heavy (non-hydrogen) atoms. The van der Waals surface area contributed by atoms with E-state index in [2.05, 4.69) is 9.68 Å². The lowest BCUT2D eigenvalue weighted by Gasteiger charge is -2.08. The second-order valence-corrected chi connectivity index (χ2v) is 4.64. The largest absolute Gasteiger partial charge is 0.416 e. The van der Waals surface area contributed by atoms with Crippen molar-refractivity contribution in [3.63, 3.8) is 0 Å². The quantitative estimate of drug-likeness (QED) is 0.515. The molecule has 0 saturated heterocycles. The van der Waals surface area contributed by atoms with Crippen LogP contribution in [0.15, 0.2) is 22.7 Å². The van der Waals surface area contributed by atoms with Gasteiger partial charge in [-0.1, -0.05) is 5.16 Å². The Labute approximate surface area is 131 Å². The summed E-state index contributed by atoms with van der Waals surface area (Å²) in [7, 11) is 0. The van der Waals surface area contributed by atoms with Gasteiger partial charge in [-0.15, -0.1) is 0 Å². The van der Waals surface area contributed by atoms with Gasteiger partial charge in [-0.05, 0) is 19.1 Å². The van der Waals surface area contributed by atoms with Crippen molar-refractivity contribution in [3.8, 4) is 0 Å². The lowest BCUT2D eigenvalue weighted by Crippen LogP contribution is -2.17. The third-order valence-corrected chi connectivity index (χ3v) is 3.09. The van der Waals surface area contributed by atoms with E-state index in [9.17, 15) is 32.9 Å². The number of nitro benzene ring substituents is 1. The number of amides is 1. The van der Waals surface area contributed by atoms with E-state index in [1.807, 2.05) is 0 Å². The highest BCUT2D eigenvalue weighted by Crippen LogP contribution is 2.34. The number of aromatic nitrogens is 1. The SMILES string of the molecule is Cc1onc(C(N)=O)c1C(=O)c1ccc(C(F)(F)F)cc1[N+](=O)[O-]. The smallest absolute Gasteiger partial charge is 0.364 e. The van der Waals surface area contributed by atoms with E-state index >= 15 is 0 Å². The first-order valence-corrected chi connectivity index (χ1v) is 6.20. The lowest BCUT2D eigenvalue weighted by atomic mass is 9.98. The molecule has 0 spiro atoms. The summed E-state index contributed by atoms with van der Waals surface area (Å²) in [6, 6.07) is 1.41. The zero-order chi connectivity index (χ0) is 18.2. The summed E-state index contributed by atoms with van der Waals surface area (Å²) < 4.78 is 42.7. The fourth-order valence-electron chi connectivity index (χ4n) is 1.99. The number of alkyl halides is 3. The minimum Gasteiger partial charge on any atom is -0.364 e. The molecule has 1 heterocycles. The number of hydrogen-bond donors (Lipinski definition) is 1. The van der Waals surface area contributed by atoms with Crippen molar-refractivity contribution in [1.82, 2.24) is 5.16 Å². The van der Waals surface area contributed by atoms with Gasteiger partial charge in [-0.25, -0.2) is 0 Å². The van der Waals surface area contributed by atoms with Crippen molar-refractivity contribution in [3.05, 3.63) is 56.5 Å². The van der Waals surface area contributed by atoms with Crippen molar-refractivity contribution in [1.29, 1.82) is 0 Å². The average Bonchev–Trinajstić information content (AvgIpc) is 2.86. The summed E-state index contributed by atoms with van der Waals surface area (Å²) in [6.07, 6.45) is -4.82. The van der Waals surface area contributed by atoms with Crippen molar-refractivity contribution >= 4 is 17.4 Å². The van der Waals surface area contributed by atoms with Gasteiger partial charge in [0.1, 0.15) is 11.3 Å². The standard InChI is InChI=1S/C13H8F3N3O5/c1-5-9(10(12(17)21)18-24-5)11(20)7-3-2-6(13(14,15)16)4-8(7)19(22)23/h2-4H,1H3,(H2,17,21). The van der Waals surface area contributed by atoms with Crippen LogP contribution in [0.3, 0.4) is 0 Å². The monoisotopic (exact) mass is 343 g/mol. The average molecular weight is 343 g/mol. The number of halogens is 3. The Hall–Kier alpha value is -3.24. The number of ketones is 1. The third-order valence-electron chi connectivity index (χ3n) is 3.09. The Kier molecular flexibility index (Phi) is 4.11. The van der Waals surface area contributed by atoms with Crippen LogP contribution in [-0.2, 0) is 6.18 Å². The Balaban J connectivity index is 2.65.